The van der Waals surface area contributed by atoms with Crippen LogP contribution in [-0.4, -0.2) is 39.4 Å². The van der Waals surface area contributed by atoms with E-state index >= 15 is 0 Å². The van der Waals surface area contributed by atoms with E-state index in [1.54, 1.807) is 31.2 Å². The first-order valence-corrected chi connectivity index (χ1v) is 7.81. The third-order valence-electron chi connectivity index (χ3n) is 3.01. The Labute approximate surface area is 141 Å². The summed E-state index contributed by atoms with van der Waals surface area (Å²) in [7, 11) is 1.40. The highest BCUT2D eigenvalue weighted by Gasteiger charge is 2.19. The van der Waals surface area contributed by atoms with E-state index in [0.717, 1.165) is 11.8 Å². The van der Waals surface area contributed by atoms with Crippen LogP contribution in [0.3, 0.4) is 0 Å². The summed E-state index contributed by atoms with van der Waals surface area (Å²) in [4.78, 5) is 37.6. The molecule has 2 rings (SSSR count). The van der Waals surface area contributed by atoms with Gasteiger partial charge in [-0.2, -0.15) is 0 Å². The van der Waals surface area contributed by atoms with Crippen molar-refractivity contribution in [2.24, 2.45) is 0 Å². The summed E-state index contributed by atoms with van der Waals surface area (Å²) in [6.07, 6.45) is 0. The number of hydrogen-bond acceptors (Lipinski definition) is 7. The second-order valence-electron chi connectivity index (χ2n) is 4.72. The third-order valence-corrected chi connectivity index (χ3v) is 3.99. The van der Waals surface area contributed by atoms with Crippen molar-refractivity contribution in [3.05, 3.63) is 34.6 Å². The van der Waals surface area contributed by atoms with Crippen molar-refractivity contribution in [3.8, 4) is 11.3 Å². The molecular weight excluding hydrogens is 332 g/mol. The predicted molar refractivity (Wildman–Crippen MR) is 90.4 cm³/mol. The molecule has 0 fully saturated rings. The first kappa shape index (κ1) is 17.5. The largest absolute Gasteiger partial charge is 0.398 e. The van der Waals surface area contributed by atoms with Gasteiger partial charge in [-0.05, 0) is 13.0 Å². The van der Waals surface area contributed by atoms with E-state index < -0.39 is 22.7 Å². The SMILES string of the molecule is CNC(=O)NC(=O)[C@H](C)Sc1nnc(-c2ccccc2N)c(=O)[nH]1. The fraction of sp³-hybridized carbons (Fsp3) is 0.214. The van der Waals surface area contributed by atoms with Gasteiger partial charge in [0.05, 0.1) is 5.25 Å². The molecule has 126 valence electrons. The number of rotatable bonds is 4. The van der Waals surface area contributed by atoms with Crippen molar-refractivity contribution in [3.63, 3.8) is 0 Å². The average Bonchev–Trinajstić information content (AvgIpc) is 2.55. The second kappa shape index (κ2) is 7.59. The summed E-state index contributed by atoms with van der Waals surface area (Å²) in [5.74, 6) is -0.515. The van der Waals surface area contributed by atoms with Crippen LogP contribution in [0.1, 0.15) is 6.92 Å². The molecule has 0 radical (unpaired) electrons. The van der Waals surface area contributed by atoms with Gasteiger partial charge in [0.2, 0.25) is 5.91 Å². The standard InChI is InChI=1S/C14H16N6O3S/c1-7(11(21)17-13(23)16-2)24-14-18-12(22)10(19-20-14)8-5-3-4-6-9(8)15/h3-7H,15H2,1-2H3,(H,18,20,22)(H2,16,17,21,23)/t7-/m0/s1. The van der Waals surface area contributed by atoms with E-state index in [4.69, 9.17) is 5.73 Å². The minimum Gasteiger partial charge on any atom is -0.398 e. The number of anilines is 1. The van der Waals surface area contributed by atoms with Crippen LogP contribution in [0.5, 0.6) is 0 Å². The van der Waals surface area contributed by atoms with Gasteiger partial charge in [0.1, 0.15) is 0 Å². The van der Waals surface area contributed by atoms with Crippen molar-refractivity contribution in [1.82, 2.24) is 25.8 Å². The number of aromatic nitrogens is 3. The van der Waals surface area contributed by atoms with Crippen LogP contribution in [0.4, 0.5) is 10.5 Å². The maximum Gasteiger partial charge on any atom is 0.321 e. The lowest BCUT2D eigenvalue weighted by molar-refractivity contribution is -0.119. The molecule has 0 aliphatic carbocycles. The van der Waals surface area contributed by atoms with Gasteiger partial charge in [-0.1, -0.05) is 30.0 Å². The molecule has 10 heteroatoms. The fourth-order valence-corrected chi connectivity index (χ4v) is 2.50. The summed E-state index contributed by atoms with van der Waals surface area (Å²) in [5, 5.41) is 11.7. The molecule has 2 aromatic rings. The lowest BCUT2D eigenvalue weighted by Crippen LogP contribution is -2.41. The molecule has 1 aromatic carbocycles. The Hall–Kier alpha value is -2.88. The van der Waals surface area contributed by atoms with Crippen LogP contribution in [0.15, 0.2) is 34.2 Å². The molecule has 3 amide bonds. The van der Waals surface area contributed by atoms with Gasteiger partial charge < -0.3 is 11.1 Å². The number of para-hydroxylation sites is 1. The number of aromatic amines is 1. The summed E-state index contributed by atoms with van der Waals surface area (Å²) in [5.41, 5.74) is 6.34. The molecule has 1 atom stereocenters. The molecule has 0 aliphatic heterocycles. The minimum absolute atomic E-state index is 0.0971. The summed E-state index contributed by atoms with van der Waals surface area (Å²) < 4.78 is 0. The van der Waals surface area contributed by atoms with Gasteiger partial charge in [-0.25, -0.2) is 4.79 Å². The van der Waals surface area contributed by atoms with E-state index in [2.05, 4.69) is 25.8 Å². The Bertz CT molecular complexity index is 822. The smallest absolute Gasteiger partial charge is 0.321 e. The topological polar surface area (TPSA) is 143 Å². The maximum absolute atomic E-state index is 12.2. The average molecular weight is 348 g/mol. The molecule has 1 heterocycles. The molecule has 0 unspecified atom stereocenters. The van der Waals surface area contributed by atoms with Crippen molar-refractivity contribution >= 4 is 29.4 Å². The summed E-state index contributed by atoms with van der Waals surface area (Å²) in [6, 6.07) is 6.20. The zero-order chi connectivity index (χ0) is 17.7. The number of H-pyrrole nitrogens is 1. The number of carbonyl (C=O) groups excluding carboxylic acids is 2. The molecule has 9 nitrogen and oxygen atoms in total. The van der Waals surface area contributed by atoms with Gasteiger partial charge in [-0.3, -0.25) is 19.9 Å². The van der Waals surface area contributed by atoms with Crippen molar-refractivity contribution in [1.29, 1.82) is 0 Å². The van der Waals surface area contributed by atoms with Gasteiger partial charge in [-0.15, -0.1) is 10.2 Å². The van der Waals surface area contributed by atoms with Gasteiger partial charge in [0.15, 0.2) is 10.9 Å². The number of nitrogens with one attached hydrogen (secondary N) is 3. The maximum atomic E-state index is 12.2. The van der Waals surface area contributed by atoms with Crippen LogP contribution >= 0.6 is 11.8 Å². The minimum atomic E-state index is -0.653. The van der Waals surface area contributed by atoms with Crippen molar-refractivity contribution in [2.45, 2.75) is 17.3 Å². The van der Waals surface area contributed by atoms with Crippen molar-refractivity contribution < 1.29 is 9.59 Å². The number of benzene rings is 1. The molecule has 0 saturated carbocycles. The molecule has 0 spiro atoms. The van der Waals surface area contributed by atoms with E-state index in [0.29, 0.717) is 11.3 Å². The van der Waals surface area contributed by atoms with Crippen LogP contribution < -0.4 is 21.9 Å². The van der Waals surface area contributed by atoms with Crippen LogP contribution in [-0.2, 0) is 4.79 Å². The zero-order valence-corrected chi connectivity index (χ0v) is 13.8. The highest BCUT2D eigenvalue weighted by molar-refractivity contribution is 8.00. The first-order valence-electron chi connectivity index (χ1n) is 6.93. The predicted octanol–water partition coefficient (Wildman–Crippen LogP) is 0.350. The highest BCUT2D eigenvalue weighted by Crippen LogP contribution is 2.22. The molecule has 0 bridgehead atoms. The fourth-order valence-electron chi connectivity index (χ4n) is 1.76. The lowest BCUT2D eigenvalue weighted by Gasteiger charge is -2.10. The van der Waals surface area contributed by atoms with E-state index in [1.165, 1.54) is 7.05 Å². The first-order chi connectivity index (χ1) is 11.4. The second-order valence-corrected chi connectivity index (χ2v) is 6.05. The Kier molecular flexibility index (Phi) is 5.53. The Morgan fingerprint density at radius 1 is 1.29 bits per heavy atom. The number of thioether (sulfide) groups is 1. The van der Waals surface area contributed by atoms with Gasteiger partial charge >= 0.3 is 6.03 Å². The number of nitrogen functional groups attached to an aromatic ring is 1. The summed E-state index contributed by atoms with van der Waals surface area (Å²) >= 11 is 0.974. The molecular formula is C14H16N6O3S. The van der Waals surface area contributed by atoms with E-state index in [1.807, 2.05) is 0 Å². The Morgan fingerprint density at radius 3 is 2.62 bits per heavy atom. The molecule has 5 N–H and O–H groups in total. The van der Waals surface area contributed by atoms with Crippen LogP contribution in [0, 0.1) is 0 Å². The number of carbonyl (C=O) groups is 2. The number of imide groups is 1. The Morgan fingerprint density at radius 2 is 2.00 bits per heavy atom. The number of nitrogens with zero attached hydrogens (tertiary/aromatic N) is 2. The van der Waals surface area contributed by atoms with Gasteiger partial charge in [0, 0.05) is 18.3 Å². The number of nitrogens with two attached hydrogens (primary N) is 1. The monoisotopic (exact) mass is 348 g/mol. The molecule has 1 aromatic heterocycles. The lowest BCUT2D eigenvalue weighted by atomic mass is 10.1. The van der Waals surface area contributed by atoms with Gasteiger partial charge in [0.25, 0.3) is 5.56 Å². The number of hydrogen-bond donors (Lipinski definition) is 4. The van der Waals surface area contributed by atoms with Crippen molar-refractivity contribution in [2.75, 3.05) is 12.8 Å². The van der Waals surface area contributed by atoms with E-state index in [-0.39, 0.29) is 10.9 Å². The third kappa shape index (κ3) is 4.10. The van der Waals surface area contributed by atoms with Crippen LogP contribution in [0.2, 0.25) is 0 Å². The summed E-state index contributed by atoms with van der Waals surface area (Å²) in [6.45, 7) is 1.58. The number of urea groups is 1. The Balaban J connectivity index is 2.16. The number of amides is 3. The molecule has 0 aliphatic rings. The quantitative estimate of drug-likeness (QED) is 0.461. The molecule has 0 saturated heterocycles. The zero-order valence-electron chi connectivity index (χ0n) is 13.0. The highest BCUT2D eigenvalue weighted by atomic mass is 32.2. The van der Waals surface area contributed by atoms with E-state index in [9.17, 15) is 14.4 Å². The molecule has 24 heavy (non-hydrogen) atoms. The van der Waals surface area contributed by atoms with Crippen LogP contribution in [0.25, 0.3) is 11.3 Å². The normalized spacial score (nSPS) is 11.6.